The lowest BCUT2D eigenvalue weighted by Gasteiger charge is -2.32. The Labute approximate surface area is 185 Å². The van der Waals surface area contributed by atoms with Crippen molar-refractivity contribution in [2.45, 2.75) is 51.6 Å². The van der Waals surface area contributed by atoms with Crippen LogP contribution in [-0.2, 0) is 13.0 Å². The summed E-state index contributed by atoms with van der Waals surface area (Å²) in [4.78, 5) is 34.8. The molecule has 1 aromatic carbocycles. The average Bonchev–Trinajstić information content (AvgIpc) is 3.23. The van der Waals surface area contributed by atoms with Crippen LogP contribution < -0.4 is 5.56 Å². The summed E-state index contributed by atoms with van der Waals surface area (Å²) in [6.45, 7) is 6.87. The van der Waals surface area contributed by atoms with Crippen molar-refractivity contribution in [2.24, 2.45) is 0 Å². The molecule has 1 atom stereocenters. The fraction of sp³-hybridized carbons (Fsp3) is 0.458. The lowest BCUT2D eigenvalue weighted by Crippen LogP contribution is -2.40. The second-order valence-corrected chi connectivity index (χ2v) is 9.13. The Balaban J connectivity index is 1.42. The molecule has 1 N–H and O–H groups in total. The lowest BCUT2D eigenvalue weighted by molar-refractivity contribution is 0.0701. The monoisotopic (exact) mass is 437 g/mol. The first-order valence-corrected chi connectivity index (χ1v) is 11.3. The molecule has 2 aliphatic heterocycles. The highest BCUT2D eigenvalue weighted by atomic mass is 19.1. The van der Waals surface area contributed by atoms with Crippen molar-refractivity contribution in [1.82, 2.24) is 24.4 Å². The molecule has 8 heteroatoms. The molecule has 4 heterocycles. The molecule has 1 saturated heterocycles. The number of piperidine rings is 1. The van der Waals surface area contributed by atoms with Crippen molar-refractivity contribution in [3.8, 4) is 0 Å². The summed E-state index contributed by atoms with van der Waals surface area (Å²) < 4.78 is 15.7. The van der Waals surface area contributed by atoms with Crippen molar-refractivity contribution in [2.75, 3.05) is 19.6 Å². The first-order valence-electron chi connectivity index (χ1n) is 11.3. The first-order chi connectivity index (χ1) is 15.4. The van der Waals surface area contributed by atoms with E-state index in [1.165, 1.54) is 16.6 Å². The number of aromatic amines is 1. The molecule has 1 unspecified atom stereocenters. The predicted molar refractivity (Wildman–Crippen MR) is 119 cm³/mol. The number of benzene rings is 1. The first kappa shape index (κ1) is 20.9. The van der Waals surface area contributed by atoms with E-state index in [0.717, 1.165) is 42.8 Å². The summed E-state index contributed by atoms with van der Waals surface area (Å²) in [6.07, 6.45) is 2.49. The fourth-order valence-corrected chi connectivity index (χ4v) is 4.89. The summed E-state index contributed by atoms with van der Waals surface area (Å²) in [5.41, 5.74) is 3.22. The maximum absolute atomic E-state index is 14.1. The second-order valence-electron chi connectivity index (χ2n) is 9.13. The van der Waals surface area contributed by atoms with Crippen molar-refractivity contribution in [3.05, 3.63) is 69.0 Å². The molecule has 2 aliphatic rings. The lowest BCUT2D eigenvalue weighted by atomic mass is 9.94. The second kappa shape index (κ2) is 8.16. The smallest absolute Gasteiger partial charge is 0.277 e. The number of nitrogens with zero attached hydrogens (tertiary/aromatic N) is 4. The quantitative estimate of drug-likeness (QED) is 0.684. The van der Waals surface area contributed by atoms with E-state index in [1.807, 2.05) is 6.07 Å². The standard InChI is InChI=1S/C24H28FN5O2/c1-15(2)28-11-9-20-18(14-28)24(32)30-22(26-20)12-21(27-30)16-6-5-10-29(13-16)23(31)17-7-3-4-8-19(17)25/h3-4,7-8,12,15-16,27H,5-6,9-11,13-14H2,1-2H3. The Kier molecular flexibility index (Phi) is 5.33. The van der Waals surface area contributed by atoms with Gasteiger partial charge in [-0.3, -0.25) is 19.6 Å². The van der Waals surface area contributed by atoms with Crippen LogP contribution in [0.1, 0.15) is 59.9 Å². The number of fused-ring (bicyclic) bond motifs is 2. The van der Waals surface area contributed by atoms with Gasteiger partial charge in [-0.25, -0.2) is 13.9 Å². The van der Waals surface area contributed by atoms with Gasteiger partial charge in [-0.2, -0.15) is 0 Å². The molecule has 168 valence electrons. The minimum atomic E-state index is -0.498. The maximum Gasteiger partial charge on any atom is 0.277 e. The zero-order valence-electron chi connectivity index (χ0n) is 18.5. The summed E-state index contributed by atoms with van der Waals surface area (Å²) in [7, 11) is 0. The molecule has 5 rings (SSSR count). The summed E-state index contributed by atoms with van der Waals surface area (Å²) >= 11 is 0. The SMILES string of the molecule is CC(C)N1CCc2nc3cc(C4CCCN(C(=O)c5ccccc5F)C4)[nH]n3c(=O)c2C1. The van der Waals surface area contributed by atoms with Crippen LogP contribution >= 0.6 is 0 Å². The molecule has 0 spiro atoms. The number of hydrogen-bond acceptors (Lipinski definition) is 4. The van der Waals surface area contributed by atoms with Gasteiger partial charge in [0.05, 0.1) is 16.8 Å². The van der Waals surface area contributed by atoms with Gasteiger partial charge in [0.2, 0.25) is 0 Å². The Hall–Kier alpha value is -3.00. The van der Waals surface area contributed by atoms with E-state index < -0.39 is 5.82 Å². The highest BCUT2D eigenvalue weighted by molar-refractivity contribution is 5.94. The molecule has 1 fully saturated rings. The van der Waals surface area contributed by atoms with Crippen LogP contribution in [0, 0.1) is 5.82 Å². The van der Waals surface area contributed by atoms with Crippen LogP contribution in [0.5, 0.6) is 0 Å². The summed E-state index contributed by atoms with van der Waals surface area (Å²) in [6, 6.07) is 8.40. The van der Waals surface area contributed by atoms with Gasteiger partial charge in [0.1, 0.15) is 5.82 Å². The van der Waals surface area contributed by atoms with E-state index in [1.54, 1.807) is 17.0 Å². The Morgan fingerprint density at radius 1 is 1.25 bits per heavy atom. The minimum Gasteiger partial charge on any atom is -0.338 e. The van der Waals surface area contributed by atoms with E-state index in [2.05, 4.69) is 23.8 Å². The van der Waals surface area contributed by atoms with Crippen LogP contribution in [0.15, 0.2) is 35.1 Å². The van der Waals surface area contributed by atoms with Gasteiger partial charge in [-0.1, -0.05) is 12.1 Å². The maximum atomic E-state index is 14.1. The highest BCUT2D eigenvalue weighted by Crippen LogP contribution is 2.28. The van der Waals surface area contributed by atoms with E-state index in [9.17, 15) is 14.0 Å². The third-order valence-corrected chi connectivity index (χ3v) is 6.79. The molecule has 0 saturated carbocycles. The van der Waals surface area contributed by atoms with Crippen molar-refractivity contribution >= 4 is 11.6 Å². The number of aromatic nitrogens is 3. The number of amides is 1. The van der Waals surface area contributed by atoms with Gasteiger partial charge in [-0.15, -0.1) is 0 Å². The molecular formula is C24H28FN5O2. The highest BCUT2D eigenvalue weighted by Gasteiger charge is 2.29. The van der Waals surface area contributed by atoms with Crippen LogP contribution in [0.25, 0.3) is 5.65 Å². The Bertz CT molecular complexity index is 1230. The molecule has 2 aromatic heterocycles. The Morgan fingerprint density at radius 3 is 2.84 bits per heavy atom. The van der Waals surface area contributed by atoms with E-state index in [0.29, 0.717) is 31.3 Å². The normalized spacial score (nSPS) is 19.5. The zero-order chi connectivity index (χ0) is 22.4. The van der Waals surface area contributed by atoms with Crippen molar-refractivity contribution < 1.29 is 9.18 Å². The van der Waals surface area contributed by atoms with E-state index in [-0.39, 0.29) is 22.9 Å². The van der Waals surface area contributed by atoms with Gasteiger partial charge >= 0.3 is 0 Å². The van der Waals surface area contributed by atoms with Crippen LogP contribution in [-0.4, -0.2) is 56.0 Å². The third-order valence-electron chi connectivity index (χ3n) is 6.79. The van der Waals surface area contributed by atoms with Crippen LogP contribution in [0.2, 0.25) is 0 Å². The van der Waals surface area contributed by atoms with Gasteiger partial charge in [0.25, 0.3) is 11.5 Å². The molecule has 32 heavy (non-hydrogen) atoms. The van der Waals surface area contributed by atoms with E-state index in [4.69, 9.17) is 4.98 Å². The van der Waals surface area contributed by atoms with E-state index >= 15 is 0 Å². The van der Waals surface area contributed by atoms with Crippen molar-refractivity contribution in [3.63, 3.8) is 0 Å². The largest absolute Gasteiger partial charge is 0.338 e. The number of rotatable bonds is 3. The number of hydrogen-bond donors (Lipinski definition) is 1. The molecule has 0 bridgehead atoms. The molecular weight excluding hydrogens is 409 g/mol. The molecule has 1 amide bonds. The summed E-state index contributed by atoms with van der Waals surface area (Å²) in [5, 5.41) is 3.25. The van der Waals surface area contributed by atoms with Gasteiger partial charge in [0, 0.05) is 56.3 Å². The zero-order valence-corrected chi connectivity index (χ0v) is 18.5. The number of likely N-dealkylation sites (tertiary alicyclic amines) is 1. The van der Waals surface area contributed by atoms with Crippen LogP contribution in [0.3, 0.4) is 0 Å². The number of carbonyl (C=O) groups is 1. The Morgan fingerprint density at radius 2 is 2.06 bits per heavy atom. The molecule has 3 aromatic rings. The van der Waals surface area contributed by atoms with Gasteiger partial charge in [-0.05, 0) is 38.8 Å². The molecule has 0 radical (unpaired) electrons. The number of carbonyl (C=O) groups excluding carboxylic acids is 1. The topological polar surface area (TPSA) is 73.7 Å². The predicted octanol–water partition coefficient (Wildman–Crippen LogP) is 2.95. The molecule has 0 aliphatic carbocycles. The van der Waals surface area contributed by atoms with Gasteiger partial charge < -0.3 is 4.90 Å². The average molecular weight is 438 g/mol. The number of halogens is 1. The third kappa shape index (κ3) is 3.62. The fourth-order valence-electron chi connectivity index (χ4n) is 4.89. The summed E-state index contributed by atoms with van der Waals surface area (Å²) in [5.74, 6) is -0.741. The van der Waals surface area contributed by atoms with Crippen LogP contribution in [0.4, 0.5) is 4.39 Å². The minimum absolute atomic E-state index is 0.0447. The van der Waals surface area contributed by atoms with Gasteiger partial charge in [0.15, 0.2) is 5.65 Å². The molecule has 7 nitrogen and oxygen atoms in total. The van der Waals surface area contributed by atoms with Crippen molar-refractivity contribution in [1.29, 1.82) is 0 Å². The number of nitrogens with one attached hydrogen (secondary N) is 1. The number of H-pyrrole nitrogens is 1.